The van der Waals surface area contributed by atoms with Gasteiger partial charge in [-0.15, -0.1) is 0 Å². The minimum Gasteiger partial charge on any atom is -0.465 e. The van der Waals surface area contributed by atoms with Gasteiger partial charge in [0.1, 0.15) is 35.4 Å². The van der Waals surface area contributed by atoms with Crippen molar-refractivity contribution >= 4 is 41.9 Å². The van der Waals surface area contributed by atoms with Crippen molar-refractivity contribution < 1.29 is 48.1 Å². The van der Waals surface area contributed by atoms with Crippen LogP contribution in [0.1, 0.15) is 105 Å². The summed E-state index contributed by atoms with van der Waals surface area (Å²) in [5, 5.41) is 23.5. The summed E-state index contributed by atoms with van der Waals surface area (Å²) in [6.07, 6.45) is 0.534. The van der Waals surface area contributed by atoms with E-state index in [-0.39, 0.29) is 49.5 Å². The fourth-order valence-electron chi connectivity index (χ4n) is 7.96. The molecule has 2 aromatic carbocycles. The highest BCUT2D eigenvalue weighted by molar-refractivity contribution is 5.95. The molecular weight excluding hydrogens is 835 g/mol. The Balaban J connectivity index is 1.53. The molecule has 4 rings (SSSR count). The molecule has 65 heavy (non-hydrogen) atoms. The van der Waals surface area contributed by atoms with Crippen molar-refractivity contribution in [1.82, 2.24) is 36.4 Å². The predicted molar refractivity (Wildman–Crippen MR) is 245 cm³/mol. The lowest BCUT2D eigenvalue weighted by molar-refractivity contribution is -0.141. The van der Waals surface area contributed by atoms with E-state index in [1.54, 1.807) is 46.4 Å². The second-order valence-corrected chi connectivity index (χ2v) is 19.8. The first-order chi connectivity index (χ1) is 30.5. The van der Waals surface area contributed by atoms with Gasteiger partial charge in [-0.25, -0.2) is 14.4 Å². The molecule has 2 saturated heterocycles. The van der Waals surface area contributed by atoms with Crippen LogP contribution in [-0.4, -0.2) is 125 Å². The Morgan fingerprint density at radius 2 is 1.09 bits per heavy atom. The molecule has 1 spiro atoms. The normalized spacial score (nSPS) is 16.5. The van der Waals surface area contributed by atoms with Gasteiger partial charge < -0.3 is 51.0 Å². The van der Waals surface area contributed by atoms with Gasteiger partial charge in [-0.3, -0.25) is 19.2 Å². The summed E-state index contributed by atoms with van der Waals surface area (Å²) < 4.78 is 10.8. The Morgan fingerprint density at radius 3 is 1.58 bits per heavy atom. The number of nitrogens with one attached hydrogen (secondary N) is 5. The molecule has 2 heterocycles. The lowest BCUT2D eigenvalue weighted by Gasteiger charge is -2.53. The number of nitrogens with zero attached hydrogens (tertiary/aromatic N) is 2. The van der Waals surface area contributed by atoms with Gasteiger partial charge in [0.05, 0.1) is 0 Å². The largest absolute Gasteiger partial charge is 0.465 e. The van der Waals surface area contributed by atoms with Gasteiger partial charge >= 0.3 is 18.3 Å². The molecule has 0 radical (unpaired) electrons. The van der Waals surface area contributed by atoms with Crippen LogP contribution in [0.25, 0.3) is 0 Å². The molecule has 0 aromatic heterocycles. The van der Waals surface area contributed by atoms with Crippen molar-refractivity contribution in [1.29, 1.82) is 0 Å². The average Bonchev–Trinajstić information content (AvgIpc) is 3.20. The van der Waals surface area contributed by atoms with Gasteiger partial charge in [0, 0.05) is 51.0 Å². The zero-order chi connectivity index (χ0) is 48.0. The number of ether oxygens (including phenoxy) is 2. The number of unbranched alkanes of at least 4 members (excludes halogenated alkanes) is 1. The van der Waals surface area contributed by atoms with Crippen LogP contribution in [0.5, 0.6) is 0 Å². The van der Waals surface area contributed by atoms with Crippen LogP contribution in [-0.2, 0) is 41.5 Å². The van der Waals surface area contributed by atoms with Gasteiger partial charge in [-0.05, 0) is 97.1 Å². The van der Waals surface area contributed by atoms with Gasteiger partial charge in [0.15, 0.2) is 0 Å². The molecule has 358 valence electrons. The summed E-state index contributed by atoms with van der Waals surface area (Å²) in [7, 11) is 0. The number of piperidine rings is 1. The number of alkyl carbamates (subject to hydrolysis) is 2. The summed E-state index contributed by atoms with van der Waals surface area (Å²) in [5.41, 5.74) is -0.163. The molecule has 2 aromatic rings. The number of rotatable bonds is 19. The minimum atomic E-state index is -1.18. The molecule has 2 aliphatic rings. The maximum absolute atomic E-state index is 14.4. The van der Waals surface area contributed by atoms with Crippen molar-refractivity contribution in [2.24, 2.45) is 11.3 Å². The standard InChI is InChI=1S/C48H71N7O10/c1-32(2)27-36(39(56)50-35(21-15-16-24-49-43(60)64-46(3,4)5)42(59)54-25-22-48(23-26-54)30-55(31-48)45(62)63)51-40(57)37(28-33-17-11-9-12-18-33)52-41(58)38(29-34-19-13-10-14-20-34)53-44(61)65-47(6,7)8/h9-14,17-20,32,35-38H,15-16,21-31H2,1-8H3,(H,49,60)(H,50,56)(H,51,57)(H,52,58)(H,53,61)(H,62,63). The van der Waals surface area contributed by atoms with E-state index in [1.807, 2.05) is 74.5 Å². The third-order valence-corrected chi connectivity index (χ3v) is 11.2. The quantitative estimate of drug-likeness (QED) is 0.102. The maximum Gasteiger partial charge on any atom is 0.408 e. The molecule has 0 aliphatic carbocycles. The third kappa shape index (κ3) is 17.6. The van der Waals surface area contributed by atoms with E-state index in [1.165, 1.54) is 4.90 Å². The number of carboxylic acid groups (broad SMARTS) is 1. The number of carbonyl (C=O) groups excluding carboxylic acids is 6. The molecule has 2 aliphatic heterocycles. The van der Waals surface area contributed by atoms with Gasteiger partial charge in [-0.2, -0.15) is 0 Å². The van der Waals surface area contributed by atoms with E-state index in [9.17, 15) is 38.7 Å². The van der Waals surface area contributed by atoms with Gasteiger partial charge in [-0.1, -0.05) is 74.5 Å². The van der Waals surface area contributed by atoms with Crippen molar-refractivity contribution in [3.8, 4) is 0 Å². The summed E-state index contributed by atoms with van der Waals surface area (Å²) in [6.45, 7) is 16.2. The fraction of sp³-hybridized carbons (Fsp3) is 0.604. The van der Waals surface area contributed by atoms with Crippen molar-refractivity contribution in [2.75, 3.05) is 32.7 Å². The van der Waals surface area contributed by atoms with Crippen LogP contribution in [0.15, 0.2) is 60.7 Å². The van der Waals surface area contributed by atoms with E-state index in [0.29, 0.717) is 51.9 Å². The average molecular weight is 906 g/mol. The highest BCUT2D eigenvalue weighted by atomic mass is 16.6. The third-order valence-electron chi connectivity index (χ3n) is 11.2. The Morgan fingerprint density at radius 1 is 0.631 bits per heavy atom. The Labute approximate surface area is 383 Å². The summed E-state index contributed by atoms with van der Waals surface area (Å²) >= 11 is 0. The predicted octanol–water partition coefficient (Wildman–Crippen LogP) is 5.16. The number of benzene rings is 2. The van der Waals surface area contributed by atoms with Crippen LogP contribution in [0, 0.1) is 11.3 Å². The van der Waals surface area contributed by atoms with Crippen molar-refractivity contribution in [3.05, 3.63) is 71.8 Å². The molecule has 2 fully saturated rings. The van der Waals surface area contributed by atoms with E-state index in [0.717, 1.165) is 11.1 Å². The SMILES string of the molecule is CC(C)CC(NC(=O)C(Cc1ccccc1)NC(=O)C(Cc1ccccc1)NC(=O)OC(C)(C)C)C(=O)NC(CCCCNC(=O)OC(C)(C)C)C(=O)N1CCC2(CC1)CN(C(=O)O)C2. The molecule has 4 unspecified atom stereocenters. The maximum atomic E-state index is 14.4. The lowest BCUT2D eigenvalue weighted by atomic mass is 9.72. The van der Waals surface area contributed by atoms with Gasteiger partial charge in [0.25, 0.3) is 0 Å². The van der Waals surface area contributed by atoms with Crippen LogP contribution < -0.4 is 26.6 Å². The molecule has 4 atom stereocenters. The Bertz CT molecular complexity index is 1920. The van der Waals surface area contributed by atoms with Crippen LogP contribution in [0.2, 0.25) is 0 Å². The lowest BCUT2D eigenvalue weighted by Crippen LogP contribution is -2.63. The zero-order valence-electron chi connectivity index (χ0n) is 39.4. The van der Waals surface area contributed by atoms with Crippen LogP contribution in [0.3, 0.4) is 0 Å². The molecule has 17 nitrogen and oxygen atoms in total. The highest BCUT2D eigenvalue weighted by Gasteiger charge is 2.48. The topological polar surface area (TPSA) is 225 Å². The highest BCUT2D eigenvalue weighted by Crippen LogP contribution is 2.40. The molecule has 6 N–H and O–H groups in total. The van der Waals surface area contributed by atoms with E-state index >= 15 is 0 Å². The number of hydrogen-bond donors (Lipinski definition) is 6. The molecular formula is C48H71N7O10. The summed E-state index contributed by atoms with van der Waals surface area (Å²) in [6, 6.07) is 13.9. The first-order valence-corrected chi connectivity index (χ1v) is 22.7. The van der Waals surface area contributed by atoms with Crippen LogP contribution >= 0.6 is 0 Å². The Kier molecular flexibility index (Phi) is 18.6. The zero-order valence-corrected chi connectivity index (χ0v) is 39.4. The first kappa shape index (κ1) is 51.8. The summed E-state index contributed by atoms with van der Waals surface area (Å²) in [4.78, 5) is 96.9. The number of likely N-dealkylation sites (tertiary alicyclic amines) is 2. The van der Waals surface area contributed by atoms with Crippen molar-refractivity contribution in [3.63, 3.8) is 0 Å². The van der Waals surface area contributed by atoms with Gasteiger partial charge in [0.2, 0.25) is 23.6 Å². The van der Waals surface area contributed by atoms with Crippen LogP contribution in [0.4, 0.5) is 14.4 Å². The first-order valence-electron chi connectivity index (χ1n) is 22.7. The summed E-state index contributed by atoms with van der Waals surface area (Å²) in [5.74, 6) is -2.19. The molecule has 7 amide bonds. The smallest absolute Gasteiger partial charge is 0.408 e. The molecule has 0 saturated carbocycles. The number of hydrogen-bond acceptors (Lipinski definition) is 9. The van der Waals surface area contributed by atoms with Crippen molar-refractivity contribution in [2.45, 2.75) is 142 Å². The molecule has 17 heteroatoms. The van der Waals surface area contributed by atoms with E-state index in [4.69, 9.17) is 9.47 Å². The van der Waals surface area contributed by atoms with E-state index in [2.05, 4.69) is 26.6 Å². The number of carbonyl (C=O) groups is 7. The second kappa shape index (κ2) is 23.4. The fourth-order valence-corrected chi connectivity index (χ4v) is 7.96. The van der Waals surface area contributed by atoms with E-state index < -0.39 is 71.4 Å². The number of amides is 7. The Hall–Kier alpha value is -5.87. The monoisotopic (exact) mass is 906 g/mol. The molecule has 0 bridgehead atoms. The second-order valence-electron chi connectivity index (χ2n) is 19.8. The minimum absolute atomic E-state index is 0.0675.